The summed E-state index contributed by atoms with van der Waals surface area (Å²) in [6.07, 6.45) is 3.39. The second-order valence-corrected chi connectivity index (χ2v) is 6.92. The summed E-state index contributed by atoms with van der Waals surface area (Å²) in [5.74, 6) is 0. The molecule has 0 fully saturated rings. The number of anilines is 2. The lowest BCUT2D eigenvalue weighted by atomic mass is 10.2. The van der Waals surface area contributed by atoms with Crippen LogP contribution in [0.15, 0.2) is 54.9 Å². The zero-order valence-electron chi connectivity index (χ0n) is 12.8. The quantitative estimate of drug-likeness (QED) is 0.540. The normalized spacial score (nSPS) is 10.5. The van der Waals surface area contributed by atoms with Crippen LogP contribution in [0.4, 0.5) is 11.4 Å². The van der Waals surface area contributed by atoms with Crippen molar-refractivity contribution in [3.63, 3.8) is 0 Å². The summed E-state index contributed by atoms with van der Waals surface area (Å²) in [6.45, 7) is 0.620. The summed E-state index contributed by atoms with van der Waals surface area (Å²) in [4.78, 5) is 0. The van der Waals surface area contributed by atoms with Crippen LogP contribution < -0.4 is 10.6 Å². The highest BCUT2D eigenvalue weighted by Gasteiger charge is 2.04. The van der Waals surface area contributed by atoms with E-state index in [4.69, 9.17) is 47.0 Å². The number of benzene rings is 2. The zero-order valence-corrected chi connectivity index (χ0v) is 15.9. The molecule has 0 atom stereocenters. The molecule has 0 bridgehead atoms. The molecule has 0 radical (unpaired) electrons. The summed E-state index contributed by atoms with van der Waals surface area (Å²) in [7, 11) is 0. The summed E-state index contributed by atoms with van der Waals surface area (Å²) in [6, 6.07) is 13.1. The van der Waals surface area contributed by atoms with Gasteiger partial charge in [0.1, 0.15) is 0 Å². The van der Waals surface area contributed by atoms with E-state index in [1.54, 1.807) is 35.3 Å². The molecule has 3 rings (SSSR count). The lowest BCUT2D eigenvalue weighted by Crippen LogP contribution is -2.19. The minimum atomic E-state index is 0.456. The van der Waals surface area contributed by atoms with Gasteiger partial charge in [-0.15, -0.1) is 0 Å². The van der Waals surface area contributed by atoms with Crippen molar-refractivity contribution in [1.82, 2.24) is 9.78 Å². The Morgan fingerprint density at radius 2 is 1.76 bits per heavy atom. The Kier molecular flexibility index (Phi) is 5.81. The SMILES string of the molecule is S=C(Nc1cccc(Cn2cc(Cl)cn2)c1)Nc1ccc(Cl)c(Cl)c1. The molecular formula is C17H13Cl3N4S. The van der Waals surface area contributed by atoms with Gasteiger partial charge in [-0.2, -0.15) is 5.10 Å². The van der Waals surface area contributed by atoms with Gasteiger partial charge in [0.05, 0.1) is 27.8 Å². The molecule has 0 aliphatic rings. The second-order valence-electron chi connectivity index (χ2n) is 5.26. The van der Waals surface area contributed by atoms with Gasteiger partial charge in [-0.25, -0.2) is 0 Å². The van der Waals surface area contributed by atoms with Crippen molar-refractivity contribution in [2.75, 3.05) is 10.6 Å². The molecule has 2 N–H and O–H groups in total. The van der Waals surface area contributed by atoms with Gasteiger partial charge in [-0.3, -0.25) is 4.68 Å². The van der Waals surface area contributed by atoms with Crippen molar-refractivity contribution in [3.05, 3.63) is 75.5 Å². The van der Waals surface area contributed by atoms with E-state index in [1.165, 1.54) is 0 Å². The van der Waals surface area contributed by atoms with Crippen LogP contribution in [0.25, 0.3) is 0 Å². The molecule has 0 amide bonds. The van der Waals surface area contributed by atoms with Crippen LogP contribution in [-0.4, -0.2) is 14.9 Å². The van der Waals surface area contributed by atoms with Crippen LogP contribution in [0, 0.1) is 0 Å². The van der Waals surface area contributed by atoms with Crippen LogP contribution in [-0.2, 0) is 6.54 Å². The van der Waals surface area contributed by atoms with E-state index in [1.807, 2.05) is 24.3 Å². The molecule has 128 valence electrons. The third-order valence-corrected chi connectivity index (χ3v) is 4.45. The molecule has 8 heteroatoms. The van der Waals surface area contributed by atoms with Gasteiger partial charge in [0, 0.05) is 17.6 Å². The van der Waals surface area contributed by atoms with Crippen LogP contribution in [0.2, 0.25) is 15.1 Å². The Bertz CT molecular complexity index is 910. The number of aromatic nitrogens is 2. The monoisotopic (exact) mass is 410 g/mol. The van der Waals surface area contributed by atoms with Crippen LogP contribution in [0.3, 0.4) is 0 Å². The number of nitrogens with zero attached hydrogens (tertiary/aromatic N) is 2. The summed E-state index contributed by atoms with van der Waals surface area (Å²) in [5.41, 5.74) is 2.70. The van der Waals surface area contributed by atoms with Gasteiger partial charge in [0.25, 0.3) is 0 Å². The average molecular weight is 412 g/mol. The molecule has 1 heterocycles. The van der Waals surface area contributed by atoms with E-state index >= 15 is 0 Å². The third-order valence-electron chi connectivity index (χ3n) is 3.31. The maximum atomic E-state index is 6.00. The molecule has 0 saturated heterocycles. The number of hydrogen-bond acceptors (Lipinski definition) is 2. The molecule has 0 aliphatic heterocycles. The number of nitrogens with one attached hydrogen (secondary N) is 2. The maximum absolute atomic E-state index is 6.00. The van der Waals surface area contributed by atoms with E-state index in [2.05, 4.69) is 15.7 Å². The Morgan fingerprint density at radius 1 is 1.00 bits per heavy atom. The predicted molar refractivity (Wildman–Crippen MR) is 109 cm³/mol. The van der Waals surface area contributed by atoms with Gasteiger partial charge in [0.2, 0.25) is 0 Å². The first-order valence-corrected chi connectivity index (χ1v) is 8.84. The number of halogens is 3. The third kappa shape index (κ3) is 5.09. The molecule has 2 aromatic carbocycles. The van der Waals surface area contributed by atoms with Crippen molar-refractivity contribution in [1.29, 1.82) is 0 Å². The number of thiocarbonyl (C=S) groups is 1. The topological polar surface area (TPSA) is 41.9 Å². The number of hydrogen-bond donors (Lipinski definition) is 2. The first kappa shape index (κ1) is 18.0. The molecular weight excluding hydrogens is 399 g/mol. The van der Waals surface area contributed by atoms with Gasteiger partial charge < -0.3 is 10.6 Å². The standard InChI is InChI=1S/C17H13Cl3N4S/c18-12-8-21-24(10-12)9-11-2-1-3-13(6-11)22-17(25)23-14-4-5-15(19)16(20)7-14/h1-8,10H,9H2,(H2,22,23,25). The zero-order chi connectivity index (χ0) is 17.8. The van der Waals surface area contributed by atoms with Crippen molar-refractivity contribution in [2.24, 2.45) is 0 Å². The van der Waals surface area contributed by atoms with Crippen LogP contribution in [0.1, 0.15) is 5.56 Å². The molecule has 3 aromatic rings. The smallest absolute Gasteiger partial charge is 0.175 e. The van der Waals surface area contributed by atoms with Gasteiger partial charge >= 0.3 is 0 Å². The first-order chi connectivity index (χ1) is 12.0. The molecule has 0 aliphatic carbocycles. The van der Waals surface area contributed by atoms with E-state index in [9.17, 15) is 0 Å². The number of rotatable bonds is 4. The van der Waals surface area contributed by atoms with Crippen LogP contribution in [0.5, 0.6) is 0 Å². The van der Waals surface area contributed by atoms with Crippen molar-refractivity contribution < 1.29 is 0 Å². The molecule has 1 aromatic heterocycles. The van der Waals surface area contributed by atoms with E-state index in [-0.39, 0.29) is 0 Å². The highest BCUT2D eigenvalue weighted by Crippen LogP contribution is 2.25. The van der Waals surface area contributed by atoms with Gasteiger partial charge in [-0.05, 0) is 48.1 Å². The minimum absolute atomic E-state index is 0.456. The molecule has 0 saturated carbocycles. The average Bonchev–Trinajstić information content (AvgIpc) is 2.96. The summed E-state index contributed by atoms with van der Waals surface area (Å²) >= 11 is 23.1. The fourth-order valence-corrected chi connectivity index (χ4v) is 2.92. The molecule has 0 unspecified atom stereocenters. The summed E-state index contributed by atoms with van der Waals surface area (Å²) in [5, 5.41) is 12.4. The van der Waals surface area contributed by atoms with Gasteiger partial charge in [-0.1, -0.05) is 46.9 Å². The van der Waals surface area contributed by atoms with Gasteiger partial charge in [0.15, 0.2) is 5.11 Å². The Labute approximate surface area is 165 Å². The Hall–Kier alpha value is -1.79. The maximum Gasteiger partial charge on any atom is 0.175 e. The highest BCUT2D eigenvalue weighted by atomic mass is 35.5. The van der Waals surface area contributed by atoms with Crippen molar-refractivity contribution in [2.45, 2.75) is 6.54 Å². The van der Waals surface area contributed by atoms with Crippen molar-refractivity contribution in [3.8, 4) is 0 Å². The van der Waals surface area contributed by atoms with E-state index < -0.39 is 0 Å². The summed E-state index contributed by atoms with van der Waals surface area (Å²) < 4.78 is 1.77. The minimum Gasteiger partial charge on any atom is -0.332 e. The van der Waals surface area contributed by atoms with Crippen molar-refractivity contribution >= 4 is 63.5 Å². The highest BCUT2D eigenvalue weighted by molar-refractivity contribution is 7.80. The van der Waals surface area contributed by atoms with Crippen LogP contribution >= 0.6 is 47.0 Å². The lowest BCUT2D eigenvalue weighted by molar-refractivity contribution is 0.687. The lowest BCUT2D eigenvalue weighted by Gasteiger charge is -2.12. The fraction of sp³-hybridized carbons (Fsp3) is 0.0588. The van der Waals surface area contributed by atoms with E-state index in [0.29, 0.717) is 26.7 Å². The fourth-order valence-electron chi connectivity index (χ4n) is 2.23. The second kappa shape index (κ2) is 8.06. The molecule has 0 spiro atoms. The molecule has 4 nitrogen and oxygen atoms in total. The predicted octanol–water partition coefficient (Wildman–Crippen LogP) is 5.70. The Morgan fingerprint density at radius 3 is 2.44 bits per heavy atom. The first-order valence-electron chi connectivity index (χ1n) is 7.29. The van der Waals surface area contributed by atoms with E-state index in [0.717, 1.165) is 16.9 Å². The Balaban J connectivity index is 1.64. The largest absolute Gasteiger partial charge is 0.332 e. The molecule has 25 heavy (non-hydrogen) atoms.